The van der Waals surface area contributed by atoms with Crippen LogP contribution in [-0.4, -0.2) is 10.9 Å². The first-order valence-electron chi connectivity index (χ1n) is 7.50. The minimum atomic E-state index is -0.202. The number of amides is 1. The molecule has 5 heteroatoms. The number of carbonyl (C=O) groups is 1. The predicted octanol–water partition coefficient (Wildman–Crippen LogP) is 3.54. The molecular weight excluding hydrogens is 318 g/mol. The average Bonchev–Trinajstić information content (AvgIpc) is 3.08. The van der Waals surface area contributed by atoms with Crippen LogP contribution < -0.4 is 5.32 Å². The molecule has 0 aliphatic rings. The van der Waals surface area contributed by atoms with E-state index in [4.69, 9.17) is 5.26 Å². The number of thiazole rings is 1. The first kappa shape index (κ1) is 15.9. The van der Waals surface area contributed by atoms with Crippen molar-refractivity contribution in [2.24, 2.45) is 0 Å². The van der Waals surface area contributed by atoms with E-state index in [2.05, 4.69) is 22.4 Å². The smallest absolute Gasteiger partial charge is 0.251 e. The number of benzene rings is 2. The van der Waals surface area contributed by atoms with Gasteiger partial charge in [0, 0.05) is 23.1 Å². The normalized spacial score (nSPS) is 10.1. The zero-order valence-corrected chi connectivity index (χ0v) is 13.7. The molecule has 1 N–H and O–H groups in total. The fourth-order valence-corrected chi connectivity index (χ4v) is 3.19. The molecule has 0 bridgehead atoms. The van der Waals surface area contributed by atoms with Gasteiger partial charge in [-0.25, -0.2) is 4.98 Å². The van der Waals surface area contributed by atoms with Crippen LogP contribution in [0.3, 0.4) is 0 Å². The Hall–Kier alpha value is -2.97. The van der Waals surface area contributed by atoms with Gasteiger partial charge >= 0.3 is 0 Å². The summed E-state index contributed by atoms with van der Waals surface area (Å²) in [6.07, 6.45) is 2.70. The Balaban J connectivity index is 1.59. The van der Waals surface area contributed by atoms with Crippen LogP contribution in [0.25, 0.3) is 0 Å². The third-order valence-corrected chi connectivity index (χ3v) is 4.47. The zero-order chi connectivity index (χ0) is 16.8. The average molecular weight is 333 g/mol. The standard InChI is InChI=1S/C19H15N3OS/c20-11-15-7-4-8-16(9-15)19(23)22-13-18-21-12-17(24-18)10-14-5-2-1-3-6-14/h1-9,12H,10,13H2,(H,22,23). The highest BCUT2D eigenvalue weighted by atomic mass is 32.1. The third kappa shape index (κ3) is 4.06. The van der Waals surface area contributed by atoms with E-state index in [1.807, 2.05) is 30.5 Å². The van der Waals surface area contributed by atoms with Crippen molar-refractivity contribution in [2.75, 3.05) is 0 Å². The molecule has 24 heavy (non-hydrogen) atoms. The number of hydrogen-bond acceptors (Lipinski definition) is 4. The predicted molar refractivity (Wildman–Crippen MR) is 93.7 cm³/mol. The summed E-state index contributed by atoms with van der Waals surface area (Å²) in [7, 11) is 0. The molecule has 0 atom stereocenters. The lowest BCUT2D eigenvalue weighted by atomic mass is 10.1. The number of aromatic nitrogens is 1. The maximum Gasteiger partial charge on any atom is 0.251 e. The molecule has 0 spiro atoms. The molecule has 0 radical (unpaired) electrons. The fraction of sp³-hybridized carbons (Fsp3) is 0.105. The van der Waals surface area contributed by atoms with E-state index >= 15 is 0 Å². The van der Waals surface area contributed by atoms with Crippen LogP contribution in [0.1, 0.15) is 31.4 Å². The Morgan fingerprint density at radius 2 is 2.00 bits per heavy atom. The van der Waals surface area contributed by atoms with Gasteiger partial charge in [-0.2, -0.15) is 5.26 Å². The van der Waals surface area contributed by atoms with Crippen molar-refractivity contribution in [3.63, 3.8) is 0 Å². The van der Waals surface area contributed by atoms with E-state index in [1.165, 1.54) is 5.56 Å². The number of rotatable bonds is 5. The Morgan fingerprint density at radius 3 is 2.79 bits per heavy atom. The molecule has 1 amide bonds. The van der Waals surface area contributed by atoms with Crippen LogP contribution >= 0.6 is 11.3 Å². The van der Waals surface area contributed by atoms with Crippen LogP contribution in [-0.2, 0) is 13.0 Å². The Morgan fingerprint density at radius 1 is 1.17 bits per heavy atom. The van der Waals surface area contributed by atoms with Gasteiger partial charge in [-0.05, 0) is 23.8 Å². The molecule has 0 unspecified atom stereocenters. The Bertz CT molecular complexity index is 881. The van der Waals surface area contributed by atoms with Gasteiger partial charge in [0.2, 0.25) is 0 Å². The molecule has 3 rings (SSSR count). The van der Waals surface area contributed by atoms with Gasteiger partial charge in [0.1, 0.15) is 5.01 Å². The highest BCUT2D eigenvalue weighted by molar-refractivity contribution is 7.11. The third-order valence-electron chi connectivity index (χ3n) is 3.48. The SMILES string of the molecule is N#Cc1cccc(C(=O)NCc2ncc(Cc3ccccc3)s2)c1. The number of carbonyl (C=O) groups excluding carboxylic acids is 1. The maximum atomic E-state index is 12.1. The van der Waals surface area contributed by atoms with Crippen molar-refractivity contribution in [1.82, 2.24) is 10.3 Å². The molecular formula is C19H15N3OS. The van der Waals surface area contributed by atoms with E-state index in [-0.39, 0.29) is 5.91 Å². The summed E-state index contributed by atoms with van der Waals surface area (Å²) in [5.74, 6) is -0.202. The first-order chi connectivity index (χ1) is 11.7. The van der Waals surface area contributed by atoms with Gasteiger partial charge in [0.15, 0.2) is 0 Å². The van der Waals surface area contributed by atoms with E-state index < -0.39 is 0 Å². The molecule has 3 aromatic rings. The second kappa shape index (κ2) is 7.53. The van der Waals surface area contributed by atoms with Gasteiger partial charge in [0.25, 0.3) is 5.91 Å². The summed E-state index contributed by atoms with van der Waals surface area (Å²) in [6, 6.07) is 18.9. The van der Waals surface area contributed by atoms with Gasteiger partial charge in [-0.15, -0.1) is 11.3 Å². The molecule has 0 fully saturated rings. The summed E-state index contributed by atoms with van der Waals surface area (Å²) in [5, 5.41) is 12.6. The van der Waals surface area contributed by atoms with Crippen molar-refractivity contribution in [2.45, 2.75) is 13.0 Å². The molecule has 118 valence electrons. The van der Waals surface area contributed by atoms with Gasteiger partial charge in [0.05, 0.1) is 18.2 Å². The van der Waals surface area contributed by atoms with E-state index in [9.17, 15) is 4.79 Å². The highest BCUT2D eigenvalue weighted by Crippen LogP contribution is 2.17. The number of nitrogens with one attached hydrogen (secondary N) is 1. The van der Waals surface area contributed by atoms with E-state index in [1.54, 1.807) is 35.6 Å². The molecule has 0 aliphatic carbocycles. The van der Waals surface area contributed by atoms with Crippen molar-refractivity contribution >= 4 is 17.2 Å². The molecule has 4 nitrogen and oxygen atoms in total. The molecule has 0 aliphatic heterocycles. The topological polar surface area (TPSA) is 65.8 Å². The second-order valence-electron chi connectivity index (χ2n) is 5.26. The van der Waals surface area contributed by atoms with Crippen molar-refractivity contribution in [1.29, 1.82) is 5.26 Å². The maximum absolute atomic E-state index is 12.1. The van der Waals surface area contributed by atoms with Crippen LogP contribution in [0, 0.1) is 11.3 Å². The monoisotopic (exact) mass is 333 g/mol. The number of hydrogen-bond donors (Lipinski definition) is 1. The van der Waals surface area contributed by atoms with Crippen LogP contribution in [0.15, 0.2) is 60.8 Å². The van der Waals surface area contributed by atoms with Crippen molar-refractivity contribution in [3.8, 4) is 6.07 Å². The van der Waals surface area contributed by atoms with E-state index in [0.717, 1.165) is 16.3 Å². The molecule has 1 aromatic heterocycles. The summed E-state index contributed by atoms with van der Waals surface area (Å²) in [4.78, 5) is 17.7. The summed E-state index contributed by atoms with van der Waals surface area (Å²) in [5.41, 5.74) is 2.20. The highest BCUT2D eigenvalue weighted by Gasteiger charge is 2.08. The molecule has 0 saturated heterocycles. The van der Waals surface area contributed by atoms with Crippen LogP contribution in [0.4, 0.5) is 0 Å². The summed E-state index contributed by atoms with van der Waals surface area (Å²) < 4.78 is 0. The van der Waals surface area contributed by atoms with Crippen molar-refractivity contribution in [3.05, 3.63) is 87.4 Å². The lowest BCUT2D eigenvalue weighted by Gasteiger charge is -2.03. The van der Waals surface area contributed by atoms with Crippen LogP contribution in [0.5, 0.6) is 0 Å². The molecule has 1 heterocycles. The molecule has 0 saturated carbocycles. The minimum absolute atomic E-state index is 0.202. The summed E-state index contributed by atoms with van der Waals surface area (Å²) in [6.45, 7) is 0.384. The minimum Gasteiger partial charge on any atom is -0.346 e. The zero-order valence-electron chi connectivity index (χ0n) is 12.9. The van der Waals surface area contributed by atoms with Gasteiger partial charge in [-0.3, -0.25) is 4.79 Å². The van der Waals surface area contributed by atoms with Crippen LogP contribution in [0.2, 0.25) is 0 Å². The van der Waals surface area contributed by atoms with Gasteiger partial charge in [-0.1, -0.05) is 36.4 Å². The Labute approximate surface area is 144 Å². The lowest BCUT2D eigenvalue weighted by molar-refractivity contribution is 0.0951. The van der Waals surface area contributed by atoms with E-state index in [0.29, 0.717) is 17.7 Å². The lowest BCUT2D eigenvalue weighted by Crippen LogP contribution is -2.22. The van der Waals surface area contributed by atoms with Crippen molar-refractivity contribution < 1.29 is 4.79 Å². The summed E-state index contributed by atoms with van der Waals surface area (Å²) >= 11 is 1.59. The Kier molecular flexibility index (Phi) is 4.99. The molecule has 2 aromatic carbocycles. The second-order valence-corrected chi connectivity index (χ2v) is 6.46. The first-order valence-corrected chi connectivity index (χ1v) is 8.32. The number of nitrogens with zero attached hydrogens (tertiary/aromatic N) is 2. The fourth-order valence-electron chi connectivity index (χ4n) is 2.30. The van der Waals surface area contributed by atoms with Gasteiger partial charge < -0.3 is 5.32 Å². The quantitative estimate of drug-likeness (QED) is 0.777. The number of nitriles is 1. The largest absolute Gasteiger partial charge is 0.346 e.